The molecule has 0 aliphatic heterocycles. The molecular formula is C18H17N3O3. The van der Waals surface area contributed by atoms with Crippen LogP contribution >= 0.6 is 0 Å². The maximum absolute atomic E-state index is 12.3. The van der Waals surface area contributed by atoms with E-state index in [4.69, 9.17) is 0 Å². The summed E-state index contributed by atoms with van der Waals surface area (Å²) in [7, 11) is 2.99. The lowest BCUT2D eigenvalue weighted by molar-refractivity contribution is 0.0950. The van der Waals surface area contributed by atoms with Crippen molar-refractivity contribution in [3.05, 3.63) is 80.6 Å². The standard InChI is InChI=1S/C18H17N3O3/c1-20-15(10-16(22)21(2)18(20)24)11-19-17(23)14-8-7-12-5-3-4-6-13(12)9-14/h3-10H,11H2,1-2H3,(H,19,23). The van der Waals surface area contributed by atoms with Crippen LogP contribution in [0.25, 0.3) is 10.8 Å². The number of benzene rings is 2. The highest BCUT2D eigenvalue weighted by Crippen LogP contribution is 2.15. The second kappa shape index (κ2) is 6.16. The number of hydrogen-bond donors (Lipinski definition) is 1. The smallest absolute Gasteiger partial charge is 0.330 e. The summed E-state index contributed by atoms with van der Waals surface area (Å²) in [5.74, 6) is -0.256. The summed E-state index contributed by atoms with van der Waals surface area (Å²) in [6.45, 7) is 0.105. The van der Waals surface area contributed by atoms with Crippen LogP contribution < -0.4 is 16.6 Å². The van der Waals surface area contributed by atoms with Gasteiger partial charge in [0.1, 0.15) is 0 Å². The first-order chi connectivity index (χ1) is 11.5. The largest absolute Gasteiger partial charge is 0.346 e. The Balaban J connectivity index is 1.82. The number of carbonyl (C=O) groups is 1. The fourth-order valence-electron chi connectivity index (χ4n) is 2.55. The van der Waals surface area contributed by atoms with Gasteiger partial charge < -0.3 is 5.32 Å². The van der Waals surface area contributed by atoms with Crippen LogP contribution in [0.5, 0.6) is 0 Å². The fraction of sp³-hybridized carbons (Fsp3) is 0.167. The summed E-state index contributed by atoms with van der Waals surface area (Å²) < 4.78 is 2.37. The van der Waals surface area contributed by atoms with Gasteiger partial charge in [-0.3, -0.25) is 18.7 Å². The van der Waals surface area contributed by atoms with Gasteiger partial charge in [-0.2, -0.15) is 0 Å². The van der Waals surface area contributed by atoms with Crippen molar-refractivity contribution in [1.29, 1.82) is 0 Å². The molecule has 6 heteroatoms. The molecule has 0 spiro atoms. The fourth-order valence-corrected chi connectivity index (χ4v) is 2.55. The van der Waals surface area contributed by atoms with Crippen LogP contribution in [0, 0.1) is 0 Å². The molecule has 0 atom stereocenters. The number of nitrogens with zero attached hydrogens (tertiary/aromatic N) is 2. The summed E-state index contributed by atoms with van der Waals surface area (Å²) in [6.07, 6.45) is 0. The van der Waals surface area contributed by atoms with Gasteiger partial charge in [-0.25, -0.2) is 4.79 Å². The number of aromatic nitrogens is 2. The molecule has 0 aliphatic carbocycles. The topological polar surface area (TPSA) is 73.1 Å². The number of rotatable bonds is 3. The molecule has 122 valence electrons. The maximum atomic E-state index is 12.3. The molecular weight excluding hydrogens is 306 g/mol. The van der Waals surface area contributed by atoms with E-state index in [1.54, 1.807) is 13.1 Å². The zero-order chi connectivity index (χ0) is 17.3. The lowest BCUT2D eigenvalue weighted by atomic mass is 10.1. The number of carbonyl (C=O) groups excluding carboxylic acids is 1. The van der Waals surface area contributed by atoms with Crippen LogP contribution in [0.4, 0.5) is 0 Å². The molecule has 1 N–H and O–H groups in total. The van der Waals surface area contributed by atoms with Gasteiger partial charge in [-0.15, -0.1) is 0 Å². The van der Waals surface area contributed by atoms with Gasteiger partial charge in [0.25, 0.3) is 11.5 Å². The first kappa shape index (κ1) is 15.7. The minimum Gasteiger partial charge on any atom is -0.346 e. The predicted molar refractivity (Wildman–Crippen MR) is 92.0 cm³/mol. The van der Waals surface area contributed by atoms with Crippen LogP contribution in [0.1, 0.15) is 16.1 Å². The minimum atomic E-state index is -0.419. The molecule has 0 radical (unpaired) electrons. The Morgan fingerprint density at radius 2 is 1.67 bits per heavy atom. The lowest BCUT2D eigenvalue weighted by Gasteiger charge is -2.11. The molecule has 3 aromatic rings. The van der Waals surface area contributed by atoms with Crippen LogP contribution in [-0.4, -0.2) is 15.0 Å². The zero-order valence-electron chi connectivity index (χ0n) is 13.4. The highest BCUT2D eigenvalue weighted by Gasteiger charge is 2.09. The van der Waals surface area contributed by atoms with Gasteiger partial charge >= 0.3 is 5.69 Å². The lowest BCUT2D eigenvalue weighted by Crippen LogP contribution is -2.39. The van der Waals surface area contributed by atoms with Gasteiger partial charge in [0.2, 0.25) is 0 Å². The van der Waals surface area contributed by atoms with Crippen molar-refractivity contribution >= 4 is 16.7 Å². The van der Waals surface area contributed by atoms with E-state index in [2.05, 4.69) is 5.32 Å². The third-order valence-electron chi connectivity index (χ3n) is 4.07. The molecule has 3 rings (SSSR count). The Morgan fingerprint density at radius 1 is 0.958 bits per heavy atom. The third-order valence-corrected chi connectivity index (χ3v) is 4.07. The van der Waals surface area contributed by atoms with E-state index in [-0.39, 0.29) is 12.5 Å². The Kier molecular flexibility index (Phi) is 4.04. The Morgan fingerprint density at radius 3 is 2.42 bits per heavy atom. The zero-order valence-corrected chi connectivity index (χ0v) is 13.4. The molecule has 0 saturated heterocycles. The van der Waals surface area contributed by atoms with Gasteiger partial charge in [-0.1, -0.05) is 30.3 Å². The SMILES string of the molecule is Cn1c(CNC(=O)c2ccc3ccccc3c2)cc(=O)n(C)c1=O. The summed E-state index contributed by atoms with van der Waals surface area (Å²) in [4.78, 5) is 35.9. The van der Waals surface area contributed by atoms with Crippen LogP contribution in [0.3, 0.4) is 0 Å². The second-order valence-electron chi connectivity index (χ2n) is 5.62. The molecule has 0 aliphatic rings. The Bertz CT molecular complexity index is 1050. The van der Waals surface area contributed by atoms with E-state index in [1.807, 2.05) is 36.4 Å². The van der Waals surface area contributed by atoms with E-state index < -0.39 is 11.2 Å². The molecule has 1 amide bonds. The summed E-state index contributed by atoms with van der Waals surface area (Å²) >= 11 is 0. The van der Waals surface area contributed by atoms with Crippen molar-refractivity contribution in [3.63, 3.8) is 0 Å². The molecule has 24 heavy (non-hydrogen) atoms. The average molecular weight is 323 g/mol. The van der Waals surface area contributed by atoms with E-state index >= 15 is 0 Å². The van der Waals surface area contributed by atoms with Gasteiger partial charge in [0.15, 0.2) is 0 Å². The van der Waals surface area contributed by atoms with Crippen molar-refractivity contribution in [3.8, 4) is 0 Å². The number of amides is 1. The minimum absolute atomic E-state index is 0.105. The van der Waals surface area contributed by atoms with Gasteiger partial charge in [0, 0.05) is 31.4 Å². The molecule has 0 saturated carbocycles. The second-order valence-corrected chi connectivity index (χ2v) is 5.62. The van der Waals surface area contributed by atoms with Gasteiger partial charge in [0.05, 0.1) is 6.54 Å². The highest BCUT2D eigenvalue weighted by atomic mass is 16.2. The molecule has 6 nitrogen and oxygen atoms in total. The molecule has 0 bridgehead atoms. The molecule has 0 unspecified atom stereocenters. The predicted octanol–water partition coefficient (Wildman–Crippen LogP) is 1.17. The normalized spacial score (nSPS) is 10.8. The third kappa shape index (κ3) is 2.86. The monoisotopic (exact) mass is 323 g/mol. The first-order valence-corrected chi connectivity index (χ1v) is 7.50. The van der Waals surface area contributed by atoms with Gasteiger partial charge in [-0.05, 0) is 22.9 Å². The molecule has 0 fully saturated rings. The van der Waals surface area contributed by atoms with E-state index in [0.717, 1.165) is 15.3 Å². The summed E-state index contributed by atoms with van der Waals surface area (Å²) in [6, 6.07) is 14.6. The highest BCUT2D eigenvalue weighted by molar-refractivity contribution is 5.98. The number of nitrogens with one attached hydrogen (secondary N) is 1. The quantitative estimate of drug-likeness (QED) is 0.786. The first-order valence-electron chi connectivity index (χ1n) is 7.50. The van der Waals surface area contributed by atoms with E-state index in [1.165, 1.54) is 17.7 Å². The maximum Gasteiger partial charge on any atom is 0.330 e. The van der Waals surface area contributed by atoms with Crippen LogP contribution in [0.2, 0.25) is 0 Å². The van der Waals surface area contributed by atoms with Crippen molar-refractivity contribution in [1.82, 2.24) is 14.5 Å². The van der Waals surface area contributed by atoms with Crippen molar-refractivity contribution in [2.45, 2.75) is 6.54 Å². The molecule has 2 aromatic carbocycles. The van der Waals surface area contributed by atoms with Crippen molar-refractivity contribution in [2.24, 2.45) is 14.1 Å². The number of hydrogen-bond acceptors (Lipinski definition) is 3. The van der Waals surface area contributed by atoms with Crippen molar-refractivity contribution in [2.75, 3.05) is 0 Å². The Hall–Kier alpha value is -3.15. The molecule has 1 aromatic heterocycles. The average Bonchev–Trinajstić information content (AvgIpc) is 2.61. The summed E-state index contributed by atoms with van der Waals surface area (Å²) in [5, 5.41) is 4.78. The Labute approximate surface area is 138 Å². The number of fused-ring (bicyclic) bond motifs is 1. The molecule has 1 heterocycles. The van der Waals surface area contributed by atoms with Crippen LogP contribution in [-0.2, 0) is 20.6 Å². The van der Waals surface area contributed by atoms with E-state index in [9.17, 15) is 14.4 Å². The van der Waals surface area contributed by atoms with Crippen LogP contribution in [0.15, 0.2) is 58.1 Å². The van der Waals surface area contributed by atoms with Crippen molar-refractivity contribution < 1.29 is 4.79 Å². The van der Waals surface area contributed by atoms with E-state index in [0.29, 0.717) is 11.3 Å². The summed E-state index contributed by atoms with van der Waals surface area (Å²) in [5.41, 5.74) is 0.172.